The van der Waals surface area contributed by atoms with Gasteiger partial charge >= 0.3 is 6.09 Å². The Kier molecular flexibility index (Phi) is 10.6. The Labute approximate surface area is 251 Å². The highest BCUT2D eigenvalue weighted by atomic mass is 16.5. The Morgan fingerprint density at radius 2 is 1.67 bits per heavy atom. The maximum atomic E-state index is 13.8. The summed E-state index contributed by atoms with van der Waals surface area (Å²) < 4.78 is 5.35. The van der Waals surface area contributed by atoms with E-state index in [1.54, 1.807) is 24.2 Å². The molecule has 1 aromatic heterocycles. The van der Waals surface area contributed by atoms with Crippen molar-refractivity contribution in [2.24, 2.45) is 5.92 Å². The van der Waals surface area contributed by atoms with Gasteiger partial charge in [-0.05, 0) is 70.8 Å². The average Bonchev–Trinajstić information content (AvgIpc) is 3.81. The number of amides is 2. The molecule has 3 heterocycles. The first-order chi connectivity index (χ1) is 20.8. The van der Waals surface area contributed by atoms with Crippen molar-refractivity contribution in [3.63, 3.8) is 0 Å². The normalized spacial score (nSPS) is 16.7. The molecule has 2 amide bonds. The number of carbonyl (C=O) groups is 2. The van der Waals surface area contributed by atoms with Crippen LogP contribution >= 0.6 is 0 Å². The first-order valence-electron chi connectivity index (χ1n) is 14.5. The van der Waals surface area contributed by atoms with Gasteiger partial charge in [-0.2, -0.15) is 0 Å². The summed E-state index contributed by atoms with van der Waals surface area (Å²) in [6.07, 6.45) is 4.63. The molecule has 1 saturated carbocycles. The molecule has 3 aliphatic rings. The molecule has 4 aromatic rings. The standard InChI is InChI=1S/C29H28N4O4.C4H8.CH4O/c1-18-3-9-23-15-22(18)17-33(2)28(35)26(21-6-4-19(5-7-21)12-14-37-29(36)32-23)31-24-10-8-20-11-13-30-27(34)25(20)16-24;1-4-2-3-4;1-2/h3-11,13,15-16,26,31H,12,14,17H2,1-2H3,(H,30,34)(H,32,36);4H,2-3H2,1H3;2H,1H3. The van der Waals surface area contributed by atoms with E-state index in [1.807, 2.05) is 67.6 Å². The van der Waals surface area contributed by atoms with Gasteiger partial charge in [-0.1, -0.05) is 56.2 Å². The Hall–Kier alpha value is -4.63. The van der Waals surface area contributed by atoms with Crippen LogP contribution in [0.3, 0.4) is 0 Å². The number of fused-ring (bicyclic) bond motifs is 10. The van der Waals surface area contributed by atoms with Gasteiger partial charge in [-0.15, -0.1) is 0 Å². The van der Waals surface area contributed by atoms with Gasteiger partial charge in [0.1, 0.15) is 6.04 Å². The number of H-pyrrole nitrogens is 1. The molecule has 43 heavy (non-hydrogen) atoms. The van der Waals surface area contributed by atoms with E-state index in [1.165, 1.54) is 12.8 Å². The second-order valence-corrected chi connectivity index (χ2v) is 11.0. The van der Waals surface area contributed by atoms with Gasteiger partial charge in [0.05, 0.1) is 6.61 Å². The van der Waals surface area contributed by atoms with E-state index in [0.29, 0.717) is 29.7 Å². The van der Waals surface area contributed by atoms with Crippen molar-refractivity contribution in [1.82, 2.24) is 9.88 Å². The van der Waals surface area contributed by atoms with E-state index in [0.717, 1.165) is 40.7 Å². The highest BCUT2D eigenvalue weighted by Gasteiger charge is 2.25. The zero-order valence-corrected chi connectivity index (χ0v) is 25.1. The van der Waals surface area contributed by atoms with Crippen molar-refractivity contribution in [2.45, 2.75) is 45.7 Å². The Morgan fingerprint density at radius 1 is 0.953 bits per heavy atom. The number of pyridine rings is 1. The number of aliphatic hydroxyl groups excluding tert-OH is 1. The molecule has 3 aromatic carbocycles. The molecule has 0 spiro atoms. The molecule has 0 saturated heterocycles. The second kappa shape index (κ2) is 14.5. The van der Waals surface area contributed by atoms with Crippen LogP contribution in [-0.4, -0.2) is 47.8 Å². The van der Waals surface area contributed by atoms with Gasteiger partial charge in [0.15, 0.2) is 0 Å². The number of aryl methyl sites for hydroxylation is 1. The van der Waals surface area contributed by atoms with E-state index in [9.17, 15) is 14.4 Å². The van der Waals surface area contributed by atoms with Crippen molar-refractivity contribution < 1.29 is 19.4 Å². The number of likely N-dealkylation sites (N-methyl/N-ethyl adjacent to an activating group) is 1. The lowest BCUT2D eigenvalue weighted by Crippen LogP contribution is -2.35. The van der Waals surface area contributed by atoms with Crippen LogP contribution in [0, 0.1) is 12.8 Å². The third kappa shape index (κ3) is 8.45. The number of aromatic nitrogens is 1. The molecular weight excluding hydrogens is 544 g/mol. The number of hydrogen-bond donors (Lipinski definition) is 4. The molecule has 1 atom stereocenters. The maximum Gasteiger partial charge on any atom is 0.411 e. The Balaban J connectivity index is 0.000000640. The first kappa shape index (κ1) is 31.3. The fraction of sp³-hybridized carbons (Fsp3) is 0.324. The summed E-state index contributed by atoms with van der Waals surface area (Å²) in [6.45, 7) is 4.83. The van der Waals surface area contributed by atoms with Crippen molar-refractivity contribution >= 4 is 34.1 Å². The number of nitrogens with one attached hydrogen (secondary N) is 3. The molecule has 0 radical (unpaired) electrons. The summed E-state index contributed by atoms with van der Waals surface area (Å²) in [5.41, 5.74) is 4.78. The van der Waals surface area contributed by atoms with Gasteiger partial charge in [-0.25, -0.2) is 4.79 Å². The summed E-state index contributed by atoms with van der Waals surface area (Å²) in [6, 6.07) is 19.9. The summed E-state index contributed by atoms with van der Waals surface area (Å²) in [5, 5.41) is 14.5. The van der Waals surface area contributed by atoms with Gasteiger partial charge in [0.2, 0.25) is 5.91 Å². The summed E-state index contributed by atoms with van der Waals surface area (Å²) in [5.74, 6) is 0.957. The molecule has 9 nitrogen and oxygen atoms in total. The molecule has 1 aliphatic carbocycles. The van der Waals surface area contributed by atoms with Crippen LogP contribution in [0.15, 0.2) is 77.7 Å². The number of carbonyl (C=O) groups excluding carboxylic acids is 2. The molecule has 1 fully saturated rings. The monoisotopic (exact) mass is 584 g/mol. The SMILES string of the molecule is CC1CC1.CO.Cc1ccc2cc1CN(C)C(=O)C(Nc1ccc3cc[nH]c(=O)c3c1)c1ccc(cc1)CCOC(=O)N2. The number of rotatable bonds is 2. The number of aromatic amines is 1. The number of hydrogen-bond acceptors (Lipinski definition) is 6. The third-order valence-corrected chi connectivity index (χ3v) is 7.52. The van der Waals surface area contributed by atoms with Crippen molar-refractivity contribution in [1.29, 1.82) is 0 Å². The topological polar surface area (TPSA) is 124 Å². The molecule has 4 bridgehead atoms. The van der Waals surface area contributed by atoms with Gasteiger partial charge in [0.25, 0.3) is 5.56 Å². The van der Waals surface area contributed by atoms with Crippen LogP contribution in [0.2, 0.25) is 0 Å². The van der Waals surface area contributed by atoms with E-state index in [4.69, 9.17) is 9.84 Å². The van der Waals surface area contributed by atoms with Crippen molar-refractivity contribution in [2.75, 3.05) is 31.4 Å². The number of ether oxygens (including phenoxy) is 1. The summed E-state index contributed by atoms with van der Waals surface area (Å²) in [4.78, 5) is 42.8. The van der Waals surface area contributed by atoms with Crippen LogP contribution in [0.1, 0.15) is 48.1 Å². The lowest BCUT2D eigenvalue weighted by Gasteiger charge is -2.27. The third-order valence-electron chi connectivity index (χ3n) is 7.52. The zero-order valence-electron chi connectivity index (χ0n) is 25.1. The second-order valence-electron chi connectivity index (χ2n) is 11.0. The molecule has 1 unspecified atom stereocenters. The Morgan fingerprint density at radius 3 is 2.37 bits per heavy atom. The minimum atomic E-state index is -0.674. The van der Waals surface area contributed by atoms with Gasteiger partial charge in [0, 0.05) is 50.1 Å². The van der Waals surface area contributed by atoms with Crippen molar-refractivity contribution in [3.8, 4) is 0 Å². The number of anilines is 2. The zero-order chi connectivity index (χ0) is 30.9. The summed E-state index contributed by atoms with van der Waals surface area (Å²) >= 11 is 0. The summed E-state index contributed by atoms with van der Waals surface area (Å²) in [7, 11) is 2.76. The predicted molar refractivity (Wildman–Crippen MR) is 170 cm³/mol. The van der Waals surface area contributed by atoms with E-state index >= 15 is 0 Å². The minimum absolute atomic E-state index is 0.126. The van der Waals surface area contributed by atoms with Crippen molar-refractivity contribution in [3.05, 3.63) is 106 Å². The number of nitrogens with zero attached hydrogens (tertiary/aromatic N) is 1. The lowest BCUT2D eigenvalue weighted by atomic mass is 10.0. The predicted octanol–water partition coefficient (Wildman–Crippen LogP) is 5.78. The smallest absolute Gasteiger partial charge is 0.411 e. The molecular formula is C34H40N4O5. The van der Waals surface area contributed by atoms with E-state index in [2.05, 4.69) is 22.5 Å². The first-order valence-corrected chi connectivity index (χ1v) is 14.5. The van der Waals surface area contributed by atoms with Crippen LogP contribution in [0.25, 0.3) is 10.8 Å². The highest BCUT2D eigenvalue weighted by molar-refractivity contribution is 5.89. The van der Waals surface area contributed by atoms with Crippen LogP contribution in [0.4, 0.5) is 16.2 Å². The van der Waals surface area contributed by atoms with E-state index in [-0.39, 0.29) is 18.1 Å². The molecule has 226 valence electrons. The van der Waals surface area contributed by atoms with Gasteiger partial charge in [-0.3, -0.25) is 14.9 Å². The number of aliphatic hydroxyl groups is 1. The fourth-order valence-electron chi connectivity index (χ4n) is 4.66. The minimum Gasteiger partial charge on any atom is -0.449 e. The average molecular weight is 585 g/mol. The molecule has 4 N–H and O–H groups in total. The largest absolute Gasteiger partial charge is 0.449 e. The molecule has 2 aliphatic heterocycles. The number of benzene rings is 3. The quantitative estimate of drug-likeness (QED) is 0.237. The van der Waals surface area contributed by atoms with Crippen LogP contribution < -0.4 is 16.2 Å². The fourth-order valence-corrected chi connectivity index (χ4v) is 4.66. The molecule has 9 heteroatoms. The molecule has 7 rings (SSSR count). The lowest BCUT2D eigenvalue weighted by molar-refractivity contribution is -0.131. The van der Waals surface area contributed by atoms with Crippen LogP contribution in [0.5, 0.6) is 0 Å². The Bertz CT molecular complexity index is 1610. The van der Waals surface area contributed by atoms with Gasteiger partial charge < -0.3 is 25.0 Å². The maximum absolute atomic E-state index is 13.8. The van der Waals surface area contributed by atoms with Crippen LogP contribution in [-0.2, 0) is 22.5 Å². The highest BCUT2D eigenvalue weighted by Crippen LogP contribution is 2.27. The van der Waals surface area contributed by atoms with E-state index < -0.39 is 12.1 Å².